The van der Waals surface area contributed by atoms with Crippen molar-refractivity contribution in [3.8, 4) is 0 Å². The fourth-order valence-electron chi connectivity index (χ4n) is 3.49. The van der Waals surface area contributed by atoms with Crippen molar-refractivity contribution in [3.05, 3.63) is 35.6 Å². The molecule has 1 saturated carbocycles. The first kappa shape index (κ1) is 17.4. The van der Waals surface area contributed by atoms with Crippen LogP contribution in [-0.4, -0.2) is 35.5 Å². The van der Waals surface area contributed by atoms with E-state index in [0.717, 1.165) is 37.7 Å². The number of carboxylic acids is 1. The van der Waals surface area contributed by atoms with Crippen molar-refractivity contribution < 1.29 is 19.1 Å². The highest BCUT2D eigenvalue weighted by Crippen LogP contribution is 2.41. The molecule has 5 heteroatoms. The first-order valence-corrected chi connectivity index (χ1v) is 8.11. The molecular weight excluding hydrogens is 297 g/mol. The van der Waals surface area contributed by atoms with Gasteiger partial charge in [-0.1, -0.05) is 38.3 Å². The van der Waals surface area contributed by atoms with Crippen LogP contribution in [0.4, 0.5) is 4.39 Å². The van der Waals surface area contributed by atoms with Gasteiger partial charge < -0.3 is 10.0 Å². The number of halogens is 1. The van der Waals surface area contributed by atoms with Gasteiger partial charge in [-0.2, -0.15) is 0 Å². The second-order valence-corrected chi connectivity index (χ2v) is 6.57. The summed E-state index contributed by atoms with van der Waals surface area (Å²) in [6, 6.07) is 6.15. The number of amides is 1. The molecule has 1 unspecified atom stereocenters. The Kier molecular flexibility index (Phi) is 5.39. The van der Waals surface area contributed by atoms with Crippen LogP contribution in [0.25, 0.3) is 0 Å². The van der Waals surface area contributed by atoms with Gasteiger partial charge in [0, 0.05) is 13.6 Å². The Morgan fingerprint density at radius 2 is 1.78 bits per heavy atom. The molecule has 1 atom stereocenters. The van der Waals surface area contributed by atoms with Gasteiger partial charge in [-0.3, -0.25) is 9.59 Å². The van der Waals surface area contributed by atoms with Crippen molar-refractivity contribution in [1.82, 2.24) is 4.90 Å². The molecule has 0 aromatic heterocycles. The molecule has 0 saturated heterocycles. The van der Waals surface area contributed by atoms with Gasteiger partial charge in [0.25, 0.3) is 0 Å². The van der Waals surface area contributed by atoms with Crippen LogP contribution in [0.2, 0.25) is 0 Å². The number of likely N-dealkylation sites (N-methyl/N-ethyl adjacent to an activating group) is 1. The smallest absolute Gasteiger partial charge is 0.308 e. The maximum atomic E-state index is 13.2. The molecule has 4 nitrogen and oxygen atoms in total. The average molecular weight is 321 g/mol. The van der Waals surface area contributed by atoms with E-state index >= 15 is 0 Å². The zero-order valence-corrected chi connectivity index (χ0v) is 13.7. The largest absolute Gasteiger partial charge is 0.481 e. The lowest BCUT2D eigenvalue weighted by molar-refractivity contribution is -0.144. The van der Waals surface area contributed by atoms with Crippen molar-refractivity contribution >= 4 is 11.9 Å². The van der Waals surface area contributed by atoms with Gasteiger partial charge in [0.15, 0.2) is 0 Å². The molecule has 126 valence electrons. The monoisotopic (exact) mass is 321 g/mol. The number of carbonyl (C=O) groups excluding carboxylic acids is 1. The lowest BCUT2D eigenvalue weighted by Gasteiger charge is -2.39. The molecule has 1 aliphatic carbocycles. The number of carbonyl (C=O) groups is 2. The number of benzene rings is 1. The fraction of sp³-hybridized carbons (Fsp3) is 0.556. The van der Waals surface area contributed by atoms with Gasteiger partial charge in [0.1, 0.15) is 5.82 Å². The Hall–Kier alpha value is -1.91. The lowest BCUT2D eigenvalue weighted by Crippen LogP contribution is -2.48. The van der Waals surface area contributed by atoms with Crippen molar-refractivity contribution in [2.75, 3.05) is 13.6 Å². The molecule has 1 N–H and O–H groups in total. The summed E-state index contributed by atoms with van der Waals surface area (Å²) < 4.78 is 13.2. The van der Waals surface area contributed by atoms with Crippen LogP contribution < -0.4 is 0 Å². The van der Waals surface area contributed by atoms with Crippen molar-refractivity contribution in [3.63, 3.8) is 0 Å². The number of hydrogen-bond donors (Lipinski definition) is 1. The highest BCUT2D eigenvalue weighted by Gasteiger charge is 2.43. The van der Waals surface area contributed by atoms with E-state index in [1.165, 1.54) is 17.0 Å². The molecule has 1 amide bonds. The van der Waals surface area contributed by atoms with Gasteiger partial charge in [0.05, 0.1) is 11.3 Å². The minimum Gasteiger partial charge on any atom is -0.481 e. The number of nitrogens with zero attached hydrogens (tertiary/aromatic N) is 1. The first-order valence-electron chi connectivity index (χ1n) is 8.11. The van der Waals surface area contributed by atoms with Crippen LogP contribution in [0.3, 0.4) is 0 Å². The van der Waals surface area contributed by atoms with Crippen LogP contribution in [0.15, 0.2) is 24.3 Å². The van der Waals surface area contributed by atoms with E-state index in [-0.39, 0.29) is 18.3 Å². The third kappa shape index (κ3) is 3.71. The highest BCUT2D eigenvalue weighted by molar-refractivity contribution is 5.88. The Morgan fingerprint density at radius 3 is 2.30 bits per heavy atom. The van der Waals surface area contributed by atoms with E-state index in [0.29, 0.717) is 0 Å². The quantitative estimate of drug-likeness (QED) is 0.906. The van der Waals surface area contributed by atoms with Gasteiger partial charge in [-0.05, 0) is 30.5 Å². The highest BCUT2D eigenvalue weighted by atomic mass is 19.1. The summed E-state index contributed by atoms with van der Waals surface area (Å²) in [6.45, 7) is 1.77. The minimum absolute atomic E-state index is 0.0584. The average Bonchev–Trinajstić information content (AvgIpc) is 2.55. The third-order valence-electron chi connectivity index (χ3n) is 4.83. The normalized spacial score (nSPS) is 18.2. The topological polar surface area (TPSA) is 57.6 Å². The van der Waals surface area contributed by atoms with Gasteiger partial charge in [-0.15, -0.1) is 0 Å². The maximum absolute atomic E-state index is 13.2. The van der Waals surface area contributed by atoms with E-state index < -0.39 is 17.3 Å². The number of carboxylic acid groups (broad SMARTS) is 1. The Labute approximate surface area is 136 Å². The van der Waals surface area contributed by atoms with Crippen LogP contribution in [0.5, 0.6) is 0 Å². The summed E-state index contributed by atoms with van der Waals surface area (Å²) in [4.78, 5) is 25.7. The Balaban J connectivity index is 2.28. The Morgan fingerprint density at radius 1 is 1.22 bits per heavy atom. The standard InChI is InChI=1S/C18H24FNO3/c1-13(16(21)22)12-20(2)17(23)18(10-4-3-5-11-18)14-6-8-15(19)9-7-14/h6-9,13H,3-5,10-12H2,1-2H3,(H,21,22). The molecule has 23 heavy (non-hydrogen) atoms. The Bertz CT molecular complexity index is 564. The lowest BCUT2D eigenvalue weighted by atomic mass is 9.68. The SMILES string of the molecule is CC(CN(C)C(=O)C1(c2ccc(F)cc2)CCCCC1)C(=O)O. The summed E-state index contributed by atoms with van der Waals surface area (Å²) >= 11 is 0. The second-order valence-electron chi connectivity index (χ2n) is 6.57. The summed E-state index contributed by atoms with van der Waals surface area (Å²) in [7, 11) is 1.65. The number of aliphatic carboxylic acids is 1. The minimum atomic E-state index is -0.913. The van der Waals surface area contributed by atoms with Crippen molar-refractivity contribution in [2.45, 2.75) is 44.4 Å². The third-order valence-corrected chi connectivity index (χ3v) is 4.83. The predicted molar refractivity (Wildman–Crippen MR) is 85.6 cm³/mol. The zero-order chi connectivity index (χ0) is 17.0. The van der Waals surface area contributed by atoms with E-state index in [2.05, 4.69) is 0 Å². The number of hydrogen-bond acceptors (Lipinski definition) is 2. The maximum Gasteiger partial charge on any atom is 0.308 e. The second kappa shape index (κ2) is 7.11. The molecule has 0 spiro atoms. The van der Waals surface area contributed by atoms with Crippen LogP contribution in [0.1, 0.15) is 44.6 Å². The number of rotatable bonds is 5. The molecule has 0 bridgehead atoms. The fourth-order valence-corrected chi connectivity index (χ4v) is 3.49. The first-order chi connectivity index (χ1) is 10.9. The molecule has 0 aliphatic heterocycles. The summed E-state index contributed by atoms with van der Waals surface area (Å²) in [5.41, 5.74) is 0.178. The van der Waals surface area contributed by atoms with Crippen LogP contribution in [0, 0.1) is 11.7 Å². The molecule has 1 aliphatic rings. The van der Waals surface area contributed by atoms with Crippen molar-refractivity contribution in [1.29, 1.82) is 0 Å². The predicted octanol–water partition coefficient (Wildman–Crippen LogP) is 3.21. The van der Waals surface area contributed by atoms with Gasteiger partial charge in [0.2, 0.25) is 5.91 Å². The van der Waals surface area contributed by atoms with Gasteiger partial charge >= 0.3 is 5.97 Å². The van der Waals surface area contributed by atoms with E-state index in [1.807, 2.05) is 0 Å². The van der Waals surface area contributed by atoms with Crippen molar-refractivity contribution in [2.24, 2.45) is 5.92 Å². The summed E-state index contributed by atoms with van der Waals surface area (Å²) in [6.07, 6.45) is 4.44. The van der Waals surface area contributed by atoms with E-state index in [9.17, 15) is 14.0 Å². The molecule has 2 rings (SSSR count). The van der Waals surface area contributed by atoms with E-state index in [1.54, 1.807) is 26.1 Å². The molecular formula is C18H24FNO3. The van der Waals surface area contributed by atoms with E-state index in [4.69, 9.17) is 5.11 Å². The molecule has 1 aromatic rings. The van der Waals surface area contributed by atoms with Crippen LogP contribution >= 0.6 is 0 Å². The zero-order valence-electron chi connectivity index (χ0n) is 13.7. The molecule has 0 radical (unpaired) electrons. The molecule has 1 fully saturated rings. The summed E-state index contributed by atoms with van der Waals surface area (Å²) in [5, 5.41) is 9.06. The van der Waals surface area contributed by atoms with Crippen LogP contribution in [-0.2, 0) is 15.0 Å². The molecule has 1 aromatic carbocycles. The summed E-state index contributed by atoms with van der Waals surface area (Å²) in [5.74, 6) is -1.90. The van der Waals surface area contributed by atoms with Gasteiger partial charge in [-0.25, -0.2) is 4.39 Å². The molecule has 0 heterocycles.